The fourth-order valence-electron chi connectivity index (χ4n) is 3.32. The minimum Gasteiger partial charge on any atom is -0.360 e. The van der Waals surface area contributed by atoms with E-state index in [1.165, 1.54) is 0 Å². The van der Waals surface area contributed by atoms with E-state index in [1.54, 1.807) is 0 Å². The number of H-pyrrole nitrogens is 1. The lowest BCUT2D eigenvalue weighted by Gasteiger charge is -2.26. The number of fused-ring (bicyclic) bond motifs is 1. The van der Waals surface area contributed by atoms with Gasteiger partial charge in [0.1, 0.15) is 0 Å². The van der Waals surface area contributed by atoms with Crippen LogP contribution >= 0.6 is 0 Å². The maximum absolute atomic E-state index is 12.9. The van der Waals surface area contributed by atoms with Gasteiger partial charge in [0, 0.05) is 34.1 Å². The van der Waals surface area contributed by atoms with E-state index in [9.17, 15) is 4.79 Å². The van der Waals surface area contributed by atoms with Crippen molar-refractivity contribution < 1.29 is 4.79 Å². The molecule has 2 heterocycles. The molecule has 1 aromatic heterocycles. The van der Waals surface area contributed by atoms with Crippen LogP contribution in [0.4, 0.5) is 0 Å². The molecule has 3 atom stereocenters. The summed E-state index contributed by atoms with van der Waals surface area (Å²) in [5.41, 5.74) is 1.58. The van der Waals surface area contributed by atoms with Crippen LogP contribution in [0.2, 0.25) is 0 Å². The molecule has 3 rings (SSSR count). The number of nitrogens with one attached hydrogen (secondary N) is 2. The third kappa shape index (κ3) is 1.90. The largest absolute Gasteiger partial charge is 0.360 e. The quantitative estimate of drug-likeness (QED) is 0.662. The molecule has 0 amide bonds. The zero-order valence-corrected chi connectivity index (χ0v) is 11.9. The van der Waals surface area contributed by atoms with Crippen molar-refractivity contribution in [2.75, 3.05) is 0 Å². The van der Waals surface area contributed by atoms with Crippen molar-refractivity contribution in [3.05, 3.63) is 48.7 Å². The molecular formula is C17H20N2O. The van der Waals surface area contributed by atoms with Crippen LogP contribution in [-0.4, -0.2) is 22.9 Å². The van der Waals surface area contributed by atoms with Crippen LogP contribution < -0.4 is 5.32 Å². The number of hydrogen-bond acceptors (Lipinski definition) is 2. The maximum atomic E-state index is 12.9. The molecule has 2 aromatic rings. The number of aromatic nitrogens is 1. The van der Waals surface area contributed by atoms with Crippen molar-refractivity contribution in [3.63, 3.8) is 0 Å². The zero-order valence-electron chi connectivity index (χ0n) is 11.9. The number of aromatic amines is 1. The molecule has 1 aromatic carbocycles. The lowest BCUT2D eigenvalue weighted by atomic mass is 9.78. The molecule has 1 aliphatic rings. The average molecular weight is 268 g/mol. The Morgan fingerprint density at radius 2 is 2.20 bits per heavy atom. The lowest BCUT2D eigenvalue weighted by molar-refractivity contribution is 0.0911. The first kappa shape index (κ1) is 13.1. The van der Waals surface area contributed by atoms with Crippen LogP contribution in [0.25, 0.3) is 10.9 Å². The van der Waals surface area contributed by atoms with E-state index in [-0.39, 0.29) is 17.2 Å². The van der Waals surface area contributed by atoms with Crippen molar-refractivity contribution in [1.82, 2.24) is 10.3 Å². The summed E-state index contributed by atoms with van der Waals surface area (Å²) in [6, 6.07) is 8.04. The van der Waals surface area contributed by atoms with E-state index < -0.39 is 0 Å². The molecule has 1 aliphatic heterocycles. The van der Waals surface area contributed by atoms with Crippen molar-refractivity contribution in [3.8, 4) is 0 Å². The molecule has 2 N–H and O–H groups in total. The molecule has 3 heteroatoms. The zero-order chi connectivity index (χ0) is 14.3. The van der Waals surface area contributed by atoms with Gasteiger partial charge in [-0.25, -0.2) is 0 Å². The van der Waals surface area contributed by atoms with Crippen molar-refractivity contribution in [2.24, 2.45) is 5.41 Å². The Kier molecular flexibility index (Phi) is 3.02. The van der Waals surface area contributed by atoms with Crippen LogP contribution in [0.5, 0.6) is 0 Å². The van der Waals surface area contributed by atoms with E-state index in [1.807, 2.05) is 36.5 Å². The molecule has 1 fully saturated rings. The van der Waals surface area contributed by atoms with Gasteiger partial charge in [-0.1, -0.05) is 31.2 Å². The third-order valence-corrected chi connectivity index (χ3v) is 4.44. The van der Waals surface area contributed by atoms with Gasteiger partial charge >= 0.3 is 0 Å². The lowest BCUT2D eigenvalue weighted by Crippen LogP contribution is -2.41. The Hall–Kier alpha value is -1.87. The van der Waals surface area contributed by atoms with Gasteiger partial charge in [0.15, 0.2) is 5.78 Å². The van der Waals surface area contributed by atoms with Gasteiger partial charge in [-0.15, -0.1) is 6.58 Å². The molecule has 0 bridgehead atoms. The second kappa shape index (κ2) is 4.60. The average Bonchev–Trinajstić information content (AvgIpc) is 3.00. The number of benzene rings is 1. The van der Waals surface area contributed by atoms with Crippen LogP contribution in [0, 0.1) is 5.41 Å². The first-order valence-electron chi connectivity index (χ1n) is 7.05. The maximum Gasteiger partial charge on any atom is 0.182 e. The topological polar surface area (TPSA) is 44.9 Å². The highest BCUT2D eigenvalue weighted by molar-refractivity contribution is 6.10. The molecule has 0 spiro atoms. The van der Waals surface area contributed by atoms with E-state index in [0.717, 1.165) is 22.9 Å². The number of carbonyl (C=O) groups excluding carboxylic acids is 1. The Morgan fingerprint density at radius 3 is 2.95 bits per heavy atom. The summed E-state index contributed by atoms with van der Waals surface area (Å²) >= 11 is 0. The predicted molar refractivity (Wildman–Crippen MR) is 81.9 cm³/mol. The second-order valence-corrected chi connectivity index (χ2v) is 6.03. The highest BCUT2D eigenvalue weighted by Gasteiger charge is 2.44. The highest BCUT2D eigenvalue weighted by Crippen LogP contribution is 2.37. The van der Waals surface area contributed by atoms with Crippen LogP contribution in [-0.2, 0) is 0 Å². The molecule has 1 saturated heterocycles. The molecule has 104 valence electrons. The summed E-state index contributed by atoms with van der Waals surface area (Å²) in [5.74, 6) is 0.147. The van der Waals surface area contributed by atoms with E-state index in [2.05, 4.69) is 30.7 Å². The minimum atomic E-state index is -0.200. The number of carbonyl (C=O) groups is 1. The van der Waals surface area contributed by atoms with Gasteiger partial charge in [0.05, 0.1) is 6.04 Å². The summed E-state index contributed by atoms with van der Waals surface area (Å²) < 4.78 is 0. The van der Waals surface area contributed by atoms with Crippen LogP contribution in [0.15, 0.2) is 43.1 Å². The Balaban J connectivity index is 2.02. The summed E-state index contributed by atoms with van der Waals surface area (Å²) in [4.78, 5) is 16.1. The Morgan fingerprint density at radius 1 is 1.45 bits per heavy atom. The third-order valence-electron chi connectivity index (χ3n) is 4.44. The molecule has 0 aliphatic carbocycles. The highest BCUT2D eigenvalue weighted by atomic mass is 16.1. The van der Waals surface area contributed by atoms with Gasteiger partial charge in [0.25, 0.3) is 0 Å². The van der Waals surface area contributed by atoms with Crippen LogP contribution in [0.1, 0.15) is 30.6 Å². The fourth-order valence-corrected chi connectivity index (χ4v) is 3.32. The molecule has 0 saturated carbocycles. The smallest absolute Gasteiger partial charge is 0.182 e. The van der Waals surface area contributed by atoms with Crippen molar-refractivity contribution >= 4 is 16.7 Å². The van der Waals surface area contributed by atoms with Gasteiger partial charge in [-0.2, -0.15) is 0 Å². The molecule has 20 heavy (non-hydrogen) atoms. The monoisotopic (exact) mass is 268 g/mol. The number of hydrogen-bond donors (Lipinski definition) is 2. The summed E-state index contributed by atoms with van der Waals surface area (Å²) in [6.45, 7) is 8.15. The van der Waals surface area contributed by atoms with E-state index in [4.69, 9.17) is 0 Å². The first-order chi connectivity index (χ1) is 9.55. The fraction of sp³-hybridized carbons (Fsp3) is 0.353. The summed E-state index contributed by atoms with van der Waals surface area (Å²) in [5, 5.41) is 4.40. The number of rotatable bonds is 3. The number of ketones is 1. The Labute approximate surface area is 119 Å². The predicted octanol–water partition coefficient (Wildman–Crippen LogP) is 3.29. The van der Waals surface area contributed by atoms with Crippen molar-refractivity contribution in [2.45, 2.75) is 32.4 Å². The molecular weight excluding hydrogens is 248 g/mol. The molecule has 3 nitrogen and oxygen atoms in total. The SMILES string of the molecule is C=CC1(C)CC(C)NC1C(=O)c1c[nH]c2ccccc12. The van der Waals surface area contributed by atoms with E-state index >= 15 is 0 Å². The number of Topliss-reactive ketones (excluding diaryl/α,β-unsaturated/α-hetero) is 1. The molecule has 3 unspecified atom stereocenters. The van der Waals surface area contributed by atoms with Gasteiger partial charge in [-0.3, -0.25) is 4.79 Å². The van der Waals surface area contributed by atoms with Gasteiger partial charge in [0.2, 0.25) is 0 Å². The second-order valence-electron chi connectivity index (χ2n) is 6.03. The summed E-state index contributed by atoms with van der Waals surface area (Å²) in [6.07, 6.45) is 4.68. The summed E-state index contributed by atoms with van der Waals surface area (Å²) in [7, 11) is 0. The van der Waals surface area contributed by atoms with Gasteiger partial charge < -0.3 is 10.3 Å². The Bertz CT molecular complexity index is 672. The van der Waals surface area contributed by atoms with Crippen LogP contribution in [0.3, 0.4) is 0 Å². The van der Waals surface area contributed by atoms with Crippen molar-refractivity contribution in [1.29, 1.82) is 0 Å². The number of para-hydroxylation sites is 1. The molecule has 0 radical (unpaired) electrons. The normalized spacial score (nSPS) is 29.7. The minimum absolute atomic E-state index is 0.147. The first-order valence-corrected chi connectivity index (χ1v) is 7.05. The van der Waals surface area contributed by atoms with Gasteiger partial charge in [-0.05, 0) is 19.4 Å². The van der Waals surface area contributed by atoms with E-state index in [0.29, 0.717) is 6.04 Å². The standard InChI is InChI=1S/C17H20N2O/c1-4-17(3)9-11(2)19-16(17)15(20)13-10-18-14-8-6-5-7-12(13)14/h4-8,10-11,16,18-19H,1,9H2,2-3H3.